The van der Waals surface area contributed by atoms with Crippen LogP contribution in [0, 0.1) is 0 Å². The van der Waals surface area contributed by atoms with Crippen LogP contribution in [0.5, 0.6) is 0 Å². The molecule has 5 nitrogen and oxygen atoms in total. The number of hydrogen-bond donors (Lipinski definition) is 1. The number of carboxylic acid groups (broad SMARTS) is 1. The molecule has 3 rings (SSSR count). The Morgan fingerprint density at radius 2 is 2.04 bits per heavy atom. The fourth-order valence-electron chi connectivity index (χ4n) is 3.50. The Morgan fingerprint density at radius 1 is 1.30 bits per heavy atom. The maximum Gasteiger partial charge on any atom is 0.434 e. The maximum atomic E-state index is 13.2. The minimum atomic E-state index is -4.74. The van der Waals surface area contributed by atoms with Crippen molar-refractivity contribution in [2.24, 2.45) is 0 Å². The molecule has 0 spiro atoms. The lowest BCUT2D eigenvalue weighted by molar-refractivity contribution is -0.141. The summed E-state index contributed by atoms with van der Waals surface area (Å²) in [6, 6.07) is 6.62. The third kappa shape index (κ3) is 3.51. The van der Waals surface area contributed by atoms with Crippen LogP contribution in [0.15, 0.2) is 36.5 Å². The molecular formula is C19H17F3N2O3. The van der Waals surface area contributed by atoms with Gasteiger partial charge in [-0.3, -0.25) is 9.78 Å². The van der Waals surface area contributed by atoms with E-state index in [1.54, 1.807) is 13.0 Å². The van der Waals surface area contributed by atoms with Crippen molar-refractivity contribution in [3.8, 4) is 0 Å². The molecule has 0 bridgehead atoms. The molecule has 0 fully saturated rings. The van der Waals surface area contributed by atoms with E-state index < -0.39 is 35.4 Å². The summed E-state index contributed by atoms with van der Waals surface area (Å²) in [6.07, 6.45) is -2.59. The molecule has 1 atom stereocenters. The van der Waals surface area contributed by atoms with Crippen molar-refractivity contribution in [3.05, 3.63) is 64.5 Å². The van der Waals surface area contributed by atoms with Crippen molar-refractivity contribution in [1.82, 2.24) is 9.88 Å². The molecular weight excluding hydrogens is 361 g/mol. The number of carboxylic acids is 1. The van der Waals surface area contributed by atoms with Crippen LogP contribution in [0.1, 0.15) is 56.9 Å². The number of pyridine rings is 1. The lowest BCUT2D eigenvalue weighted by Crippen LogP contribution is -2.35. The number of nitrogens with zero attached hydrogens (tertiary/aromatic N) is 2. The van der Waals surface area contributed by atoms with Crippen molar-refractivity contribution in [2.75, 3.05) is 6.54 Å². The SMILES string of the molecule is CCN(C(=O)c1cccnc1C(F)(F)F)C1CCc2ccc(C(=O)O)cc21. The molecule has 1 aromatic heterocycles. The summed E-state index contributed by atoms with van der Waals surface area (Å²) in [5.41, 5.74) is -0.0665. The maximum absolute atomic E-state index is 13.2. The Hall–Kier alpha value is -2.90. The average Bonchev–Trinajstić information content (AvgIpc) is 3.04. The first-order valence-electron chi connectivity index (χ1n) is 8.43. The monoisotopic (exact) mass is 378 g/mol. The molecule has 0 saturated heterocycles. The van der Waals surface area contributed by atoms with Crippen LogP contribution in [-0.2, 0) is 12.6 Å². The summed E-state index contributed by atoms with van der Waals surface area (Å²) in [5, 5.41) is 9.20. The van der Waals surface area contributed by atoms with E-state index >= 15 is 0 Å². The van der Waals surface area contributed by atoms with Crippen molar-refractivity contribution in [3.63, 3.8) is 0 Å². The smallest absolute Gasteiger partial charge is 0.434 e. The molecule has 1 heterocycles. The van der Waals surface area contributed by atoms with Crippen LogP contribution in [-0.4, -0.2) is 33.4 Å². The molecule has 0 saturated carbocycles. The molecule has 0 aliphatic heterocycles. The zero-order valence-corrected chi connectivity index (χ0v) is 14.5. The van der Waals surface area contributed by atoms with Crippen molar-refractivity contribution in [2.45, 2.75) is 32.0 Å². The molecule has 2 aromatic rings. The number of aromatic carboxylic acids is 1. The van der Waals surface area contributed by atoms with Gasteiger partial charge in [-0.1, -0.05) is 6.07 Å². The van der Waals surface area contributed by atoms with Crippen LogP contribution in [0.4, 0.5) is 13.2 Å². The van der Waals surface area contributed by atoms with Gasteiger partial charge in [-0.15, -0.1) is 0 Å². The zero-order valence-electron chi connectivity index (χ0n) is 14.5. The van der Waals surface area contributed by atoms with Gasteiger partial charge in [0.05, 0.1) is 17.2 Å². The number of benzene rings is 1. The number of aromatic nitrogens is 1. The molecule has 1 aliphatic rings. The lowest BCUT2D eigenvalue weighted by atomic mass is 10.0. The van der Waals surface area contributed by atoms with E-state index in [4.69, 9.17) is 0 Å². The minimum Gasteiger partial charge on any atom is -0.478 e. The van der Waals surface area contributed by atoms with Gasteiger partial charge in [0.1, 0.15) is 0 Å². The van der Waals surface area contributed by atoms with Crippen molar-refractivity contribution < 1.29 is 27.9 Å². The molecule has 8 heteroatoms. The quantitative estimate of drug-likeness (QED) is 0.875. The first-order chi connectivity index (χ1) is 12.7. The molecule has 142 valence electrons. The van der Waals surface area contributed by atoms with E-state index in [1.807, 2.05) is 0 Å². The normalized spacial score (nSPS) is 16.1. The summed E-state index contributed by atoms with van der Waals surface area (Å²) < 4.78 is 39.7. The van der Waals surface area contributed by atoms with Crippen LogP contribution in [0.3, 0.4) is 0 Å². The number of alkyl halides is 3. The van der Waals surface area contributed by atoms with E-state index in [9.17, 15) is 27.9 Å². The van der Waals surface area contributed by atoms with E-state index in [-0.39, 0.29) is 12.1 Å². The first kappa shape index (κ1) is 18.9. The second kappa shape index (κ2) is 7.02. The van der Waals surface area contributed by atoms with Gasteiger partial charge in [0.2, 0.25) is 0 Å². The second-order valence-electron chi connectivity index (χ2n) is 6.26. The van der Waals surface area contributed by atoms with Crippen LogP contribution < -0.4 is 0 Å². The molecule has 1 aromatic carbocycles. The number of rotatable bonds is 4. The number of fused-ring (bicyclic) bond motifs is 1. The Bertz CT molecular complexity index is 896. The van der Waals surface area contributed by atoms with Crippen LogP contribution in [0.2, 0.25) is 0 Å². The fourth-order valence-corrected chi connectivity index (χ4v) is 3.50. The third-order valence-electron chi connectivity index (χ3n) is 4.72. The van der Waals surface area contributed by atoms with Crippen LogP contribution >= 0.6 is 0 Å². The third-order valence-corrected chi connectivity index (χ3v) is 4.72. The number of carbonyl (C=O) groups is 2. The average molecular weight is 378 g/mol. The van der Waals surface area contributed by atoms with Crippen molar-refractivity contribution >= 4 is 11.9 Å². The van der Waals surface area contributed by atoms with E-state index in [2.05, 4.69) is 4.98 Å². The summed E-state index contributed by atoms with van der Waals surface area (Å²) in [5.74, 6) is -1.86. The number of carbonyl (C=O) groups excluding carboxylic acids is 1. The van der Waals surface area contributed by atoms with Crippen molar-refractivity contribution in [1.29, 1.82) is 0 Å². The van der Waals surface area contributed by atoms with Gasteiger partial charge in [-0.2, -0.15) is 13.2 Å². The standard InChI is InChI=1S/C19H17F3N2O3/c1-2-24(17(25)13-4-3-9-23-16(13)19(20,21)22)15-8-7-11-5-6-12(18(26)27)10-14(11)15/h3-6,9-10,15H,2,7-8H2,1H3,(H,26,27). The molecule has 27 heavy (non-hydrogen) atoms. The van der Waals surface area contributed by atoms with Gasteiger partial charge in [0.25, 0.3) is 5.91 Å². The van der Waals surface area contributed by atoms with Gasteiger partial charge in [0.15, 0.2) is 5.69 Å². The summed E-state index contributed by atoms with van der Waals surface area (Å²) >= 11 is 0. The Morgan fingerprint density at radius 3 is 2.67 bits per heavy atom. The number of amides is 1. The molecule has 1 aliphatic carbocycles. The highest BCUT2D eigenvalue weighted by molar-refractivity contribution is 5.96. The fraction of sp³-hybridized carbons (Fsp3) is 0.316. The second-order valence-corrected chi connectivity index (χ2v) is 6.26. The largest absolute Gasteiger partial charge is 0.478 e. The van der Waals surface area contributed by atoms with Crippen LogP contribution in [0.25, 0.3) is 0 Å². The number of aryl methyl sites for hydroxylation is 1. The van der Waals surface area contributed by atoms with E-state index in [1.165, 1.54) is 23.1 Å². The Labute approximate surface area is 153 Å². The van der Waals surface area contributed by atoms with Gasteiger partial charge in [-0.25, -0.2) is 4.79 Å². The molecule has 1 amide bonds. The highest BCUT2D eigenvalue weighted by atomic mass is 19.4. The van der Waals surface area contributed by atoms with Gasteiger partial charge in [-0.05, 0) is 55.2 Å². The number of hydrogen-bond acceptors (Lipinski definition) is 3. The zero-order chi connectivity index (χ0) is 19.8. The summed E-state index contributed by atoms with van der Waals surface area (Å²) in [4.78, 5) is 28.9. The highest BCUT2D eigenvalue weighted by Crippen LogP contribution is 2.38. The minimum absolute atomic E-state index is 0.0847. The molecule has 1 unspecified atom stereocenters. The van der Waals surface area contributed by atoms with Gasteiger partial charge >= 0.3 is 12.1 Å². The predicted octanol–water partition coefficient (Wildman–Crippen LogP) is 3.95. The topological polar surface area (TPSA) is 70.5 Å². The lowest BCUT2D eigenvalue weighted by Gasteiger charge is -2.29. The number of halogens is 3. The first-order valence-corrected chi connectivity index (χ1v) is 8.43. The summed E-state index contributed by atoms with van der Waals surface area (Å²) in [6.45, 7) is 1.87. The van der Waals surface area contributed by atoms with E-state index in [0.29, 0.717) is 18.4 Å². The predicted molar refractivity (Wildman–Crippen MR) is 90.4 cm³/mol. The van der Waals surface area contributed by atoms with Gasteiger partial charge < -0.3 is 10.0 Å². The molecule has 1 N–H and O–H groups in total. The molecule has 0 radical (unpaired) electrons. The Kier molecular flexibility index (Phi) is 4.91. The van der Waals surface area contributed by atoms with Gasteiger partial charge in [0, 0.05) is 12.7 Å². The highest BCUT2D eigenvalue weighted by Gasteiger charge is 2.39. The Balaban J connectivity index is 2.00. The van der Waals surface area contributed by atoms with E-state index in [0.717, 1.165) is 17.8 Å². The summed E-state index contributed by atoms with van der Waals surface area (Å²) in [7, 11) is 0.